The van der Waals surface area contributed by atoms with Gasteiger partial charge in [-0.1, -0.05) is 0 Å². The van der Waals surface area contributed by atoms with Crippen molar-refractivity contribution in [2.45, 2.75) is 24.9 Å². The Morgan fingerprint density at radius 3 is 2.50 bits per heavy atom. The predicted molar refractivity (Wildman–Crippen MR) is 57.9 cm³/mol. The highest BCUT2D eigenvalue weighted by Crippen LogP contribution is 2.38. The zero-order valence-corrected chi connectivity index (χ0v) is 9.80. The molecule has 2 aromatic rings. The molecule has 2 aromatic heterocycles. The van der Waals surface area contributed by atoms with Crippen LogP contribution in [0.15, 0.2) is 12.3 Å². The van der Waals surface area contributed by atoms with E-state index in [0.717, 1.165) is 0 Å². The van der Waals surface area contributed by atoms with E-state index < -0.39 is 24.9 Å². The average molecular weight is 290 g/mol. The van der Waals surface area contributed by atoms with Crippen molar-refractivity contribution < 1.29 is 22.0 Å². The van der Waals surface area contributed by atoms with E-state index in [1.807, 2.05) is 0 Å². The molecule has 0 saturated heterocycles. The van der Waals surface area contributed by atoms with Crippen LogP contribution in [0.1, 0.15) is 17.9 Å². The predicted octanol–water partition coefficient (Wildman–Crippen LogP) is 2.96. The Balaban J connectivity index is 2.25. The molecule has 20 heavy (non-hydrogen) atoms. The van der Waals surface area contributed by atoms with Crippen LogP contribution in [0.5, 0.6) is 0 Å². The summed E-state index contributed by atoms with van der Waals surface area (Å²) in [5.74, 6) is -5.05. The van der Waals surface area contributed by atoms with Gasteiger partial charge in [-0.25, -0.2) is 9.97 Å². The minimum absolute atomic E-state index is 0.0680. The van der Waals surface area contributed by atoms with E-state index in [-0.39, 0.29) is 17.2 Å². The third kappa shape index (κ3) is 2.54. The second-order valence-electron chi connectivity index (χ2n) is 4.04. The number of hydrogen-bond acceptors (Lipinski definition) is 3. The molecule has 0 spiro atoms. The first-order valence-corrected chi connectivity index (χ1v) is 5.43. The van der Waals surface area contributed by atoms with E-state index in [2.05, 4.69) is 15.0 Å². The lowest BCUT2D eigenvalue weighted by Crippen LogP contribution is -2.36. The van der Waals surface area contributed by atoms with E-state index in [0.29, 0.717) is 5.39 Å². The first kappa shape index (κ1) is 14.2. The van der Waals surface area contributed by atoms with Crippen LogP contribution in [0.4, 0.5) is 22.0 Å². The molecule has 4 nitrogen and oxygen atoms in total. The van der Waals surface area contributed by atoms with Crippen molar-refractivity contribution in [1.29, 1.82) is 5.26 Å². The summed E-state index contributed by atoms with van der Waals surface area (Å²) in [6.45, 7) is 0. The van der Waals surface area contributed by atoms with Gasteiger partial charge in [-0.05, 0) is 6.07 Å². The van der Waals surface area contributed by atoms with Gasteiger partial charge in [-0.3, -0.25) is 0 Å². The maximum atomic E-state index is 12.8. The molecule has 0 aliphatic heterocycles. The summed E-state index contributed by atoms with van der Waals surface area (Å²) in [4.78, 5) is 10.1. The molecular weight excluding hydrogens is 283 g/mol. The fraction of sp³-hybridized carbons (Fsp3) is 0.364. The summed E-state index contributed by atoms with van der Waals surface area (Å²) in [6, 6.07) is 3.26. The van der Waals surface area contributed by atoms with Crippen LogP contribution >= 0.6 is 0 Å². The topological polar surface area (TPSA) is 65.4 Å². The van der Waals surface area contributed by atoms with E-state index in [4.69, 9.17) is 5.26 Å². The van der Waals surface area contributed by atoms with Gasteiger partial charge in [0.05, 0.1) is 5.39 Å². The minimum Gasteiger partial charge on any atom is -0.346 e. The van der Waals surface area contributed by atoms with E-state index in [1.54, 1.807) is 6.07 Å². The monoisotopic (exact) mass is 290 g/mol. The summed E-state index contributed by atoms with van der Waals surface area (Å²) >= 11 is 0. The van der Waals surface area contributed by atoms with Gasteiger partial charge in [0, 0.05) is 19.0 Å². The second kappa shape index (κ2) is 4.70. The number of alkyl halides is 5. The van der Waals surface area contributed by atoms with Gasteiger partial charge in [-0.15, -0.1) is 0 Å². The molecule has 0 atom stereocenters. The van der Waals surface area contributed by atoms with Crippen LogP contribution in [-0.2, 0) is 6.42 Å². The van der Waals surface area contributed by atoms with E-state index >= 15 is 0 Å². The number of nitriles is 1. The van der Waals surface area contributed by atoms with Gasteiger partial charge in [0.15, 0.2) is 5.69 Å². The third-order valence-corrected chi connectivity index (χ3v) is 2.65. The molecule has 2 heterocycles. The Morgan fingerprint density at radius 2 is 1.90 bits per heavy atom. The molecule has 0 aromatic carbocycles. The maximum Gasteiger partial charge on any atom is 0.453 e. The summed E-state index contributed by atoms with van der Waals surface area (Å²) in [6.07, 6.45) is -6.29. The number of aromatic nitrogens is 3. The second-order valence-corrected chi connectivity index (χ2v) is 4.04. The van der Waals surface area contributed by atoms with Crippen LogP contribution in [0.3, 0.4) is 0 Å². The zero-order chi connectivity index (χ0) is 15.0. The van der Waals surface area contributed by atoms with Crippen LogP contribution in [0, 0.1) is 11.3 Å². The van der Waals surface area contributed by atoms with Crippen molar-refractivity contribution in [2.75, 3.05) is 0 Å². The van der Waals surface area contributed by atoms with E-state index in [1.165, 1.54) is 12.3 Å². The highest BCUT2D eigenvalue weighted by atomic mass is 19.4. The number of rotatable bonds is 3. The lowest BCUT2D eigenvalue weighted by atomic mass is 10.1. The van der Waals surface area contributed by atoms with Gasteiger partial charge in [0.25, 0.3) is 0 Å². The fourth-order valence-electron chi connectivity index (χ4n) is 1.60. The molecular formula is C11H7F5N4. The molecule has 2 rings (SSSR count). The smallest absolute Gasteiger partial charge is 0.346 e. The molecule has 106 valence electrons. The number of hydrogen-bond donors (Lipinski definition) is 1. The quantitative estimate of drug-likeness (QED) is 0.884. The normalized spacial score (nSPS) is 12.6. The number of aromatic amines is 1. The molecule has 0 bridgehead atoms. The van der Waals surface area contributed by atoms with Gasteiger partial charge in [0.2, 0.25) is 0 Å². The molecule has 1 N–H and O–H groups in total. The summed E-state index contributed by atoms with van der Waals surface area (Å²) in [7, 11) is 0. The number of nitrogens with zero attached hydrogens (tertiary/aromatic N) is 3. The van der Waals surface area contributed by atoms with Crippen LogP contribution in [-0.4, -0.2) is 27.1 Å². The maximum absolute atomic E-state index is 12.8. The molecule has 0 unspecified atom stereocenters. The Morgan fingerprint density at radius 1 is 1.20 bits per heavy atom. The standard InChI is InChI=1S/C11H7F5N4/c12-10(13,11(14,15)16)3-1-8-19-7(5-17)6-2-4-18-9(6)20-8/h2,4H,1,3H2,(H,18,19,20). The van der Waals surface area contributed by atoms with Crippen LogP contribution < -0.4 is 0 Å². The molecule has 0 amide bonds. The van der Waals surface area contributed by atoms with Crippen LogP contribution in [0.25, 0.3) is 11.0 Å². The molecule has 9 heteroatoms. The molecule has 0 saturated carbocycles. The number of halogens is 5. The summed E-state index contributed by atoms with van der Waals surface area (Å²) < 4.78 is 61.7. The largest absolute Gasteiger partial charge is 0.453 e. The Bertz CT molecular complexity index is 667. The lowest BCUT2D eigenvalue weighted by molar-refractivity contribution is -0.284. The Kier molecular flexibility index (Phi) is 3.33. The minimum atomic E-state index is -5.61. The summed E-state index contributed by atoms with van der Waals surface area (Å²) in [5.41, 5.74) is 0.156. The zero-order valence-electron chi connectivity index (χ0n) is 9.80. The molecule has 0 radical (unpaired) electrons. The van der Waals surface area contributed by atoms with Gasteiger partial charge in [-0.2, -0.15) is 27.2 Å². The number of fused-ring (bicyclic) bond motifs is 1. The van der Waals surface area contributed by atoms with E-state index in [9.17, 15) is 22.0 Å². The lowest BCUT2D eigenvalue weighted by Gasteiger charge is -2.18. The van der Waals surface area contributed by atoms with Crippen molar-refractivity contribution in [3.63, 3.8) is 0 Å². The third-order valence-electron chi connectivity index (χ3n) is 2.65. The SMILES string of the molecule is N#Cc1nc(CCC(F)(F)C(F)(F)F)nc2[nH]ccc12. The first-order valence-electron chi connectivity index (χ1n) is 5.43. The van der Waals surface area contributed by atoms with Gasteiger partial charge in [0.1, 0.15) is 17.5 Å². The first-order chi connectivity index (χ1) is 9.24. The number of H-pyrrole nitrogens is 1. The van der Waals surface area contributed by atoms with Crippen molar-refractivity contribution in [3.05, 3.63) is 23.8 Å². The van der Waals surface area contributed by atoms with Crippen molar-refractivity contribution in [2.24, 2.45) is 0 Å². The van der Waals surface area contributed by atoms with Crippen molar-refractivity contribution in [3.8, 4) is 6.07 Å². The van der Waals surface area contributed by atoms with Gasteiger partial charge >= 0.3 is 12.1 Å². The molecule has 0 aliphatic rings. The molecule has 0 fully saturated rings. The fourth-order valence-corrected chi connectivity index (χ4v) is 1.60. The highest BCUT2D eigenvalue weighted by Gasteiger charge is 2.56. The van der Waals surface area contributed by atoms with Gasteiger partial charge < -0.3 is 4.98 Å². The summed E-state index contributed by atoms with van der Waals surface area (Å²) in [5, 5.41) is 9.24. The number of nitrogens with one attached hydrogen (secondary N) is 1. The highest BCUT2D eigenvalue weighted by molar-refractivity contribution is 5.80. The van der Waals surface area contributed by atoms with Crippen molar-refractivity contribution >= 4 is 11.0 Å². The molecule has 0 aliphatic carbocycles. The van der Waals surface area contributed by atoms with Crippen LogP contribution in [0.2, 0.25) is 0 Å². The average Bonchev–Trinajstić information content (AvgIpc) is 2.82. The Labute approximate surface area is 109 Å². The Hall–Kier alpha value is -2.24. The number of aryl methyl sites for hydroxylation is 1. The van der Waals surface area contributed by atoms with Crippen molar-refractivity contribution in [1.82, 2.24) is 15.0 Å².